The molecule has 44 heavy (non-hydrogen) atoms. The number of likely N-dealkylation sites (tertiary alicyclic amines) is 1. The molecular weight excluding hydrogens is 534 g/mol. The summed E-state index contributed by atoms with van der Waals surface area (Å²) in [5.74, 6) is 0.665. The summed E-state index contributed by atoms with van der Waals surface area (Å²) in [6.45, 7) is 25.1. The number of hydrogen-bond acceptors (Lipinski definition) is 2. The Morgan fingerprint density at radius 3 is 1.98 bits per heavy atom. The maximum Gasteiger partial charge on any atom is 0.0761 e. The standard InChI is InChI=1S/C20H26N2.C14H20.C5H11N.C2H6/c1-5-19(18-9-7-6-8-10-18)22-14-13-17(15-22)12-11-16(2)20(3,4)21;1-12(2)13(3)8-7-11-14-9-5-4-6-10-14;1-6-4-2-3-5-6;1-2/h5-11,13-15,19H,1,12,21H2,2-4H3;4-6,9-10,13H,1,7-8,11H2,2-3H3;2-5H2,1H3;1-2H3/b16-11+;;;. The Kier molecular flexibility index (Phi) is 19.0. The third-order valence-corrected chi connectivity index (χ3v) is 8.24. The van der Waals surface area contributed by atoms with E-state index in [1.807, 2.05) is 39.8 Å². The van der Waals surface area contributed by atoms with Crippen LogP contribution in [0.1, 0.15) is 96.9 Å². The largest absolute Gasteiger partial charge is 0.343 e. The summed E-state index contributed by atoms with van der Waals surface area (Å²) in [6.07, 6.45) is 15.9. The van der Waals surface area contributed by atoms with Crippen molar-refractivity contribution in [1.29, 1.82) is 0 Å². The Labute approximate surface area is 271 Å². The molecule has 1 fully saturated rings. The van der Waals surface area contributed by atoms with Gasteiger partial charge >= 0.3 is 0 Å². The van der Waals surface area contributed by atoms with Crippen LogP contribution in [0.2, 0.25) is 0 Å². The zero-order chi connectivity index (χ0) is 33.0. The Bertz CT molecular complexity index is 1190. The van der Waals surface area contributed by atoms with E-state index in [0.29, 0.717) is 5.92 Å². The Hall–Kier alpha value is -3.14. The molecule has 1 aliphatic rings. The van der Waals surface area contributed by atoms with Crippen molar-refractivity contribution in [3.8, 4) is 0 Å². The highest BCUT2D eigenvalue weighted by atomic mass is 15.1. The minimum absolute atomic E-state index is 0.172. The number of nitrogens with two attached hydrogens (primary N) is 1. The minimum atomic E-state index is -0.254. The lowest BCUT2D eigenvalue weighted by atomic mass is 9.95. The van der Waals surface area contributed by atoms with Gasteiger partial charge in [0.15, 0.2) is 0 Å². The summed E-state index contributed by atoms with van der Waals surface area (Å²) in [7, 11) is 2.17. The van der Waals surface area contributed by atoms with Crippen LogP contribution in [0, 0.1) is 5.92 Å². The van der Waals surface area contributed by atoms with E-state index in [9.17, 15) is 0 Å². The van der Waals surface area contributed by atoms with Crippen LogP contribution in [-0.4, -0.2) is 35.1 Å². The zero-order valence-corrected chi connectivity index (χ0v) is 29.4. The van der Waals surface area contributed by atoms with Gasteiger partial charge in [-0.25, -0.2) is 0 Å². The van der Waals surface area contributed by atoms with Crippen LogP contribution in [0.3, 0.4) is 0 Å². The highest BCUT2D eigenvalue weighted by Gasteiger charge is 2.13. The quantitative estimate of drug-likeness (QED) is 0.223. The predicted molar refractivity (Wildman–Crippen MR) is 196 cm³/mol. The first-order chi connectivity index (χ1) is 21.0. The molecule has 0 saturated carbocycles. The van der Waals surface area contributed by atoms with Gasteiger partial charge in [-0.2, -0.15) is 0 Å². The number of hydrogen-bond donors (Lipinski definition) is 1. The van der Waals surface area contributed by atoms with Gasteiger partial charge in [0.1, 0.15) is 0 Å². The van der Waals surface area contributed by atoms with Crippen LogP contribution in [0.4, 0.5) is 0 Å². The predicted octanol–water partition coefficient (Wildman–Crippen LogP) is 10.4. The number of allylic oxidation sites excluding steroid dienone is 3. The van der Waals surface area contributed by atoms with Crippen molar-refractivity contribution in [3.63, 3.8) is 0 Å². The lowest BCUT2D eigenvalue weighted by molar-refractivity contribution is 0.418. The molecule has 3 aromatic rings. The molecule has 0 aliphatic carbocycles. The van der Waals surface area contributed by atoms with E-state index in [2.05, 4.69) is 130 Å². The highest BCUT2D eigenvalue weighted by molar-refractivity contribution is 5.27. The van der Waals surface area contributed by atoms with E-state index in [1.165, 1.54) is 73.0 Å². The highest BCUT2D eigenvalue weighted by Crippen LogP contribution is 2.21. The number of benzene rings is 2. The van der Waals surface area contributed by atoms with Crippen LogP contribution in [0.25, 0.3) is 0 Å². The van der Waals surface area contributed by atoms with Crippen LogP contribution in [0.5, 0.6) is 0 Å². The average molecular weight is 598 g/mol. The number of aromatic nitrogens is 1. The fourth-order valence-electron chi connectivity index (χ4n) is 4.75. The molecule has 2 unspecified atom stereocenters. The second-order valence-electron chi connectivity index (χ2n) is 12.5. The molecule has 1 aliphatic heterocycles. The lowest BCUT2D eigenvalue weighted by Gasteiger charge is -2.19. The second-order valence-corrected chi connectivity index (χ2v) is 12.5. The van der Waals surface area contributed by atoms with Crippen LogP contribution in [0.15, 0.2) is 116 Å². The summed E-state index contributed by atoms with van der Waals surface area (Å²) in [5.41, 5.74) is 12.3. The lowest BCUT2D eigenvalue weighted by Crippen LogP contribution is -2.33. The van der Waals surface area contributed by atoms with Gasteiger partial charge in [0, 0.05) is 17.9 Å². The molecule has 242 valence electrons. The zero-order valence-electron chi connectivity index (χ0n) is 29.4. The first-order valence-corrected chi connectivity index (χ1v) is 16.7. The van der Waals surface area contributed by atoms with Crippen molar-refractivity contribution in [2.75, 3.05) is 20.1 Å². The van der Waals surface area contributed by atoms with Gasteiger partial charge in [-0.15, -0.1) is 6.58 Å². The first kappa shape index (κ1) is 38.9. The Balaban J connectivity index is 0.000000373. The summed E-state index contributed by atoms with van der Waals surface area (Å²) in [6, 6.07) is 23.4. The van der Waals surface area contributed by atoms with Crippen LogP contribution in [-0.2, 0) is 12.8 Å². The van der Waals surface area contributed by atoms with Gasteiger partial charge in [0.2, 0.25) is 0 Å². The van der Waals surface area contributed by atoms with Crippen molar-refractivity contribution in [2.24, 2.45) is 11.7 Å². The fourth-order valence-corrected chi connectivity index (χ4v) is 4.75. The van der Waals surface area contributed by atoms with Gasteiger partial charge in [0.05, 0.1) is 6.04 Å². The molecule has 0 bridgehead atoms. The molecule has 2 atom stereocenters. The molecule has 2 aromatic carbocycles. The molecule has 3 heteroatoms. The molecule has 2 N–H and O–H groups in total. The van der Waals surface area contributed by atoms with Gasteiger partial charge in [-0.1, -0.05) is 111 Å². The normalized spacial score (nSPS) is 14.5. The van der Waals surface area contributed by atoms with Crippen LogP contribution < -0.4 is 5.73 Å². The van der Waals surface area contributed by atoms with Crippen molar-refractivity contribution >= 4 is 0 Å². The van der Waals surface area contributed by atoms with Crippen molar-refractivity contribution in [2.45, 2.75) is 98.6 Å². The maximum absolute atomic E-state index is 6.11. The number of rotatable bonds is 11. The van der Waals surface area contributed by atoms with Crippen molar-refractivity contribution < 1.29 is 0 Å². The third-order valence-electron chi connectivity index (χ3n) is 8.24. The summed E-state index contributed by atoms with van der Waals surface area (Å²) < 4.78 is 2.20. The van der Waals surface area contributed by atoms with Gasteiger partial charge in [0.25, 0.3) is 0 Å². The summed E-state index contributed by atoms with van der Waals surface area (Å²) in [5, 5.41) is 0. The Morgan fingerprint density at radius 1 is 0.932 bits per heavy atom. The third kappa shape index (κ3) is 15.5. The topological polar surface area (TPSA) is 34.2 Å². The smallest absolute Gasteiger partial charge is 0.0761 e. The van der Waals surface area contributed by atoms with Gasteiger partial charge in [-0.05, 0) is 115 Å². The molecule has 1 aromatic heterocycles. The van der Waals surface area contributed by atoms with Gasteiger partial charge < -0.3 is 15.2 Å². The summed E-state index contributed by atoms with van der Waals surface area (Å²) in [4.78, 5) is 2.36. The Morgan fingerprint density at radius 2 is 1.50 bits per heavy atom. The molecule has 2 heterocycles. The van der Waals surface area contributed by atoms with E-state index >= 15 is 0 Å². The molecule has 1 saturated heterocycles. The second kappa shape index (κ2) is 21.5. The summed E-state index contributed by atoms with van der Waals surface area (Å²) >= 11 is 0. The van der Waals surface area contributed by atoms with E-state index in [1.54, 1.807) is 0 Å². The molecule has 3 nitrogen and oxygen atoms in total. The first-order valence-electron chi connectivity index (χ1n) is 16.7. The molecule has 0 amide bonds. The van der Waals surface area contributed by atoms with Crippen molar-refractivity contribution in [1.82, 2.24) is 9.47 Å². The van der Waals surface area contributed by atoms with Crippen LogP contribution >= 0.6 is 0 Å². The van der Waals surface area contributed by atoms with E-state index < -0.39 is 0 Å². The molecule has 0 radical (unpaired) electrons. The van der Waals surface area contributed by atoms with E-state index in [0.717, 1.165) is 6.42 Å². The monoisotopic (exact) mass is 598 g/mol. The maximum atomic E-state index is 6.11. The van der Waals surface area contributed by atoms with E-state index in [4.69, 9.17) is 5.73 Å². The fraction of sp³-hybridized carbons (Fsp3) is 0.463. The minimum Gasteiger partial charge on any atom is -0.343 e. The molecule has 0 spiro atoms. The number of aryl methyl sites for hydroxylation is 1. The van der Waals surface area contributed by atoms with Gasteiger partial charge in [-0.3, -0.25) is 0 Å². The van der Waals surface area contributed by atoms with Crippen molar-refractivity contribution in [3.05, 3.63) is 132 Å². The molecule has 4 rings (SSSR count). The number of nitrogens with zero attached hydrogens (tertiary/aromatic N) is 2. The average Bonchev–Trinajstić information content (AvgIpc) is 3.70. The molecular formula is C41H63N3. The SMILES string of the molecule is C=C(C)C(C)CCCc1ccccc1.C=CC(c1ccccc1)n1ccc(C/C=C(\C)C(C)(C)N)c1.CC.CN1CCCC1. The van der Waals surface area contributed by atoms with E-state index in [-0.39, 0.29) is 11.6 Å².